The normalized spacial score (nSPS) is 15.8. The monoisotopic (exact) mass is 286 g/mol. The first-order valence-corrected chi connectivity index (χ1v) is 8.71. The third kappa shape index (κ3) is 5.28. The van der Waals surface area contributed by atoms with Crippen LogP contribution in [-0.4, -0.2) is 41.5 Å². The summed E-state index contributed by atoms with van der Waals surface area (Å²) in [5, 5.41) is 11.4. The number of aromatic nitrogens is 3. The van der Waals surface area contributed by atoms with Crippen LogP contribution < -0.4 is 5.32 Å². The first kappa shape index (κ1) is 14.5. The van der Waals surface area contributed by atoms with Crippen molar-refractivity contribution in [3.05, 3.63) is 11.9 Å². The number of sulfone groups is 1. The third-order valence-corrected chi connectivity index (χ3v) is 5.09. The molecule has 0 saturated heterocycles. The van der Waals surface area contributed by atoms with Crippen LogP contribution in [0, 0.1) is 5.92 Å². The maximum Gasteiger partial charge on any atom is 0.150 e. The zero-order valence-corrected chi connectivity index (χ0v) is 12.2. The summed E-state index contributed by atoms with van der Waals surface area (Å²) < 4.78 is 24.4. The highest BCUT2D eigenvalue weighted by Crippen LogP contribution is 2.27. The topological polar surface area (TPSA) is 76.9 Å². The van der Waals surface area contributed by atoms with Gasteiger partial charge in [-0.25, -0.2) is 8.42 Å². The van der Waals surface area contributed by atoms with E-state index >= 15 is 0 Å². The predicted molar refractivity (Wildman–Crippen MR) is 73.4 cm³/mol. The van der Waals surface area contributed by atoms with E-state index in [9.17, 15) is 8.42 Å². The van der Waals surface area contributed by atoms with Crippen molar-refractivity contribution in [1.29, 1.82) is 0 Å². The van der Waals surface area contributed by atoms with Crippen molar-refractivity contribution in [2.24, 2.45) is 5.92 Å². The van der Waals surface area contributed by atoms with Gasteiger partial charge < -0.3 is 5.32 Å². The maximum absolute atomic E-state index is 11.4. The summed E-state index contributed by atoms with van der Waals surface area (Å²) in [6.07, 6.45) is 5.16. The minimum Gasteiger partial charge on any atom is -0.311 e. The van der Waals surface area contributed by atoms with Crippen LogP contribution in [0.5, 0.6) is 0 Å². The average molecular weight is 286 g/mol. The zero-order valence-electron chi connectivity index (χ0n) is 11.4. The van der Waals surface area contributed by atoms with E-state index in [-0.39, 0.29) is 11.5 Å². The van der Waals surface area contributed by atoms with Crippen LogP contribution in [0.2, 0.25) is 0 Å². The second-order valence-corrected chi connectivity index (χ2v) is 7.61. The predicted octanol–water partition coefficient (Wildman–Crippen LogP) is 0.603. The van der Waals surface area contributed by atoms with Gasteiger partial charge in [-0.1, -0.05) is 12.1 Å². The van der Waals surface area contributed by atoms with Crippen molar-refractivity contribution in [2.45, 2.75) is 39.3 Å². The summed E-state index contributed by atoms with van der Waals surface area (Å²) in [6.45, 7) is 4.08. The Balaban J connectivity index is 1.67. The largest absolute Gasteiger partial charge is 0.311 e. The first-order valence-electron chi connectivity index (χ1n) is 6.89. The van der Waals surface area contributed by atoms with Gasteiger partial charge in [-0.05, 0) is 31.7 Å². The van der Waals surface area contributed by atoms with Gasteiger partial charge in [-0.3, -0.25) is 4.68 Å². The van der Waals surface area contributed by atoms with Gasteiger partial charge in [0.15, 0.2) is 0 Å². The molecule has 1 fully saturated rings. The van der Waals surface area contributed by atoms with Crippen molar-refractivity contribution in [2.75, 3.05) is 18.1 Å². The molecule has 7 heteroatoms. The molecule has 108 valence electrons. The Morgan fingerprint density at radius 2 is 2.26 bits per heavy atom. The van der Waals surface area contributed by atoms with Crippen molar-refractivity contribution in [3.63, 3.8) is 0 Å². The van der Waals surface area contributed by atoms with Gasteiger partial charge in [0.2, 0.25) is 0 Å². The molecule has 0 bridgehead atoms. The molecule has 0 spiro atoms. The number of hydrogen-bond acceptors (Lipinski definition) is 5. The van der Waals surface area contributed by atoms with Crippen LogP contribution in [0.25, 0.3) is 0 Å². The summed E-state index contributed by atoms with van der Waals surface area (Å²) in [7, 11) is -2.87. The lowest BCUT2D eigenvalue weighted by Crippen LogP contribution is -2.16. The van der Waals surface area contributed by atoms with Crippen molar-refractivity contribution >= 4 is 9.84 Å². The summed E-state index contributed by atoms with van der Waals surface area (Å²) in [6, 6.07) is 0. The molecular formula is C12H22N4O2S. The molecule has 19 heavy (non-hydrogen) atoms. The highest BCUT2D eigenvalue weighted by molar-refractivity contribution is 7.91. The van der Waals surface area contributed by atoms with Crippen LogP contribution in [0.1, 0.15) is 31.9 Å². The summed E-state index contributed by atoms with van der Waals surface area (Å²) in [5.74, 6) is 1.29. The standard InChI is InChI=1S/C12H22N4O2S/c1-2-19(17,18)7-3-6-16-10-12(14-15-16)9-13-8-11-4-5-11/h10-11,13H,2-9H2,1H3. The molecular weight excluding hydrogens is 264 g/mol. The van der Waals surface area contributed by atoms with Crippen LogP contribution >= 0.6 is 0 Å². The lowest BCUT2D eigenvalue weighted by atomic mass is 10.4. The third-order valence-electron chi connectivity index (χ3n) is 3.30. The molecule has 0 aliphatic heterocycles. The van der Waals surface area contributed by atoms with Gasteiger partial charge in [0.25, 0.3) is 0 Å². The Morgan fingerprint density at radius 3 is 2.95 bits per heavy atom. The van der Waals surface area contributed by atoms with Crippen LogP contribution in [0.3, 0.4) is 0 Å². The van der Waals surface area contributed by atoms with Gasteiger partial charge in [0.05, 0.1) is 11.4 Å². The zero-order chi connectivity index (χ0) is 13.7. The van der Waals surface area contributed by atoms with E-state index in [0.717, 1.165) is 24.7 Å². The van der Waals surface area contributed by atoms with Crippen LogP contribution in [0.15, 0.2) is 6.20 Å². The average Bonchev–Trinajstić information content (AvgIpc) is 3.09. The number of nitrogens with zero attached hydrogens (tertiary/aromatic N) is 3. The fourth-order valence-electron chi connectivity index (χ4n) is 1.85. The van der Waals surface area contributed by atoms with Crippen LogP contribution in [0.4, 0.5) is 0 Å². The molecule has 1 aliphatic carbocycles. The second-order valence-electron chi connectivity index (χ2n) is 5.14. The summed E-state index contributed by atoms with van der Waals surface area (Å²) >= 11 is 0. The molecule has 0 radical (unpaired) electrons. The molecule has 6 nitrogen and oxygen atoms in total. The molecule has 1 saturated carbocycles. The van der Waals surface area contributed by atoms with E-state index in [2.05, 4.69) is 15.6 Å². The smallest absolute Gasteiger partial charge is 0.150 e. The SMILES string of the molecule is CCS(=O)(=O)CCCn1cc(CNCC2CC2)nn1. The van der Waals surface area contributed by atoms with Crippen molar-refractivity contribution < 1.29 is 8.42 Å². The molecule has 0 aromatic carbocycles. The van der Waals surface area contributed by atoms with Gasteiger partial charge in [-0.2, -0.15) is 0 Å². The fourth-order valence-corrected chi connectivity index (χ4v) is 2.70. The summed E-state index contributed by atoms with van der Waals surface area (Å²) in [5.41, 5.74) is 0.916. The number of hydrogen-bond donors (Lipinski definition) is 1. The minimum absolute atomic E-state index is 0.209. The quantitative estimate of drug-likeness (QED) is 0.719. The van der Waals surface area contributed by atoms with E-state index in [4.69, 9.17) is 0 Å². The molecule has 0 atom stereocenters. The Kier molecular flexibility index (Phi) is 4.93. The molecule has 1 heterocycles. The lowest BCUT2D eigenvalue weighted by Gasteiger charge is -2.01. The molecule has 2 rings (SSSR count). The molecule has 1 N–H and O–H groups in total. The number of nitrogens with one attached hydrogen (secondary N) is 1. The second kappa shape index (κ2) is 6.47. The fraction of sp³-hybridized carbons (Fsp3) is 0.833. The molecule has 1 aliphatic rings. The molecule has 1 aromatic rings. The van der Waals surface area contributed by atoms with Gasteiger partial charge >= 0.3 is 0 Å². The summed E-state index contributed by atoms with van der Waals surface area (Å²) in [4.78, 5) is 0. The Morgan fingerprint density at radius 1 is 1.47 bits per heavy atom. The minimum atomic E-state index is -2.87. The first-order chi connectivity index (χ1) is 9.09. The van der Waals surface area contributed by atoms with Gasteiger partial charge in [-0.15, -0.1) is 5.10 Å². The Labute approximate surface area is 114 Å². The molecule has 1 aromatic heterocycles. The van der Waals surface area contributed by atoms with E-state index in [1.54, 1.807) is 11.6 Å². The highest BCUT2D eigenvalue weighted by Gasteiger charge is 2.20. The molecule has 0 unspecified atom stereocenters. The number of aryl methyl sites for hydroxylation is 1. The van der Waals surface area contributed by atoms with Crippen LogP contribution in [-0.2, 0) is 22.9 Å². The molecule has 0 amide bonds. The van der Waals surface area contributed by atoms with Crippen molar-refractivity contribution in [1.82, 2.24) is 20.3 Å². The van der Waals surface area contributed by atoms with E-state index < -0.39 is 9.84 Å². The van der Waals surface area contributed by atoms with E-state index in [1.165, 1.54) is 12.8 Å². The van der Waals surface area contributed by atoms with E-state index in [1.807, 2.05) is 6.20 Å². The van der Waals surface area contributed by atoms with E-state index in [0.29, 0.717) is 13.0 Å². The number of rotatable bonds is 9. The maximum atomic E-state index is 11.4. The van der Waals surface area contributed by atoms with Crippen molar-refractivity contribution in [3.8, 4) is 0 Å². The van der Waals surface area contributed by atoms with Gasteiger partial charge in [0, 0.05) is 25.0 Å². The van der Waals surface area contributed by atoms with Gasteiger partial charge in [0.1, 0.15) is 9.84 Å². The highest BCUT2D eigenvalue weighted by atomic mass is 32.2. The Hall–Kier alpha value is -0.950. The lowest BCUT2D eigenvalue weighted by molar-refractivity contribution is 0.562. The Bertz CT molecular complexity index is 494.